The lowest BCUT2D eigenvalue weighted by molar-refractivity contribution is 0.311. The molecule has 0 unspecified atom stereocenters. The van der Waals surface area contributed by atoms with Gasteiger partial charge in [-0.25, -0.2) is 8.78 Å². The number of rotatable bonds is 4. The Morgan fingerprint density at radius 2 is 1.74 bits per heavy atom. The molecule has 2 rings (SSSR count). The van der Waals surface area contributed by atoms with Crippen LogP contribution in [0.4, 0.5) is 8.78 Å². The Kier molecular flexibility index (Phi) is 5.73. The minimum atomic E-state index is -0.524. The number of nitrogens with two attached hydrogens (primary N) is 1. The Hall–Kier alpha value is -1.65. The molecule has 0 bridgehead atoms. The minimum absolute atomic E-state index is 0. The molecule has 0 aliphatic heterocycles. The third-order valence-electron chi connectivity index (χ3n) is 2.49. The molecule has 0 saturated heterocycles. The maximum absolute atomic E-state index is 13.7. The molecule has 0 atom stereocenters. The first-order valence-electron chi connectivity index (χ1n) is 5.59. The fourth-order valence-corrected chi connectivity index (χ4v) is 1.65. The van der Waals surface area contributed by atoms with Gasteiger partial charge in [-0.05, 0) is 23.8 Å². The number of benzene rings is 2. The summed E-state index contributed by atoms with van der Waals surface area (Å²) in [6.45, 7) is 0.560. The fourth-order valence-electron chi connectivity index (χ4n) is 1.65. The van der Waals surface area contributed by atoms with Crippen LogP contribution >= 0.6 is 12.4 Å². The molecular formula is C14H14ClF2NO. The summed E-state index contributed by atoms with van der Waals surface area (Å²) in [6, 6.07) is 10.6. The molecule has 2 N–H and O–H groups in total. The van der Waals surface area contributed by atoms with Crippen molar-refractivity contribution in [1.29, 1.82) is 0 Å². The van der Waals surface area contributed by atoms with Gasteiger partial charge < -0.3 is 10.5 Å². The van der Waals surface area contributed by atoms with E-state index in [1.54, 1.807) is 24.3 Å². The Morgan fingerprint density at radius 1 is 1.00 bits per heavy atom. The van der Waals surface area contributed by atoms with E-state index >= 15 is 0 Å². The maximum atomic E-state index is 13.7. The van der Waals surface area contributed by atoms with E-state index in [-0.39, 0.29) is 30.6 Å². The third kappa shape index (κ3) is 3.66. The van der Waals surface area contributed by atoms with Gasteiger partial charge in [0.2, 0.25) is 0 Å². The summed E-state index contributed by atoms with van der Waals surface area (Å²) in [4.78, 5) is 0. The molecule has 2 aromatic rings. The van der Waals surface area contributed by atoms with Gasteiger partial charge in [0, 0.05) is 12.1 Å². The highest BCUT2D eigenvalue weighted by Gasteiger charge is 2.08. The molecular weight excluding hydrogens is 272 g/mol. The van der Waals surface area contributed by atoms with Gasteiger partial charge in [-0.3, -0.25) is 0 Å². The van der Waals surface area contributed by atoms with Crippen LogP contribution in [-0.4, -0.2) is 13.2 Å². The monoisotopic (exact) mass is 285 g/mol. The molecule has 5 heteroatoms. The van der Waals surface area contributed by atoms with Crippen molar-refractivity contribution in [2.75, 3.05) is 13.2 Å². The van der Waals surface area contributed by atoms with Crippen molar-refractivity contribution in [2.45, 2.75) is 0 Å². The highest BCUT2D eigenvalue weighted by Crippen LogP contribution is 2.27. The van der Waals surface area contributed by atoms with Gasteiger partial charge in [0.05, 0.1) is 0 Å². The van der Waals surface area contributed by atoms with Gasteiger partial charge in [0.15, 0.2) is 11.6 Å². The predicted molar refractivity (Wildman–Crippen MR) is 73.6 cm³/mol. The average Bonchev–Trinajstić information content (AvgIpc) is 2.38. The van der Waals surface area contributed by atoms with Crippen molar-refractivity contribution in [3.8, 4) is 16.9 Å². The van der Waals surface area contributed by atoms with Crippen LogP contribution in [0.15, 0.2) is 42.5 Å². The van der Waals surface area contributed by atoms with Crippen LogP contribution in [0.5, 0.6) is 5.75 Å². The van der Waals surface area contributed by atoms with Crippen LogP contribution in [0, 0.1) is 11.6 Å². The molecule has 0 saturated carbocycles. The molecule has 0 heterocycles. The zero-order valence-electron chi connectivity index (χ0n) is 10.1. The molecule has 2 nitrogen and oxygen atoms in total. The largest absolute Gasteiger partial charge is 0.489 e. The summed E-state index contributed by atoms with van der Waals surface area (Å²) >= 11 is 0. The third-order valence-corrected chi connectivity index (χ3v) is 2.49. The fraction of sp³-hybridized carbons (Fsp3) is 0.143. The van der Waals surface area contributed by atoms with E-state index in [0.29, 0.717) is 17.7 Å². The zero-order valence-corrected chi connectivity index (χ0v) is 10.9. The second-order valence-electron chi connectivity index (χ2n) is 3.76. The van der Waals surface area contributed by atoms with Crippen LogP contribution < -0.4 is 10.5 Å². The summed E-state index contributed by atoms with van der Waals surface area (Å²) in [5.74, 6) is -0.780. The second kappa shape index (κ2) is 7.07. The molecule has 0 aliphatic rings. The van der Waals surface area contributed by atoms with Crippen LogP contribution in [0.2, 0.25) is 0 Å². The van der Waals surface area contributed by atoms with E-state index in [1.807, 2.05) is 0 Å². The van der Waals surface area contributed by atoms with E-state index in [1.165, 1.54) is 18.2 Å². The molecule has 19 heavy (non-hydrogen) atoms. The van der Waals surface area contributed by atoms with Crippen LogP contribution in [-0.2, 0) is 0 Å². The molecule has 2 aromatic carbocycles. The summed E-state index contributed by atoms with van der Waals surface area (Å²) in [5, 5.41) is 0. The van der Waals surface area contributed by atoms with Crippen molar-refractivity contribution < 1.29 is 13.5 Å². The SMILES string of the molecule is Cl.NCCOc1ccc(-c2ccccc2F)cc1F. The highest BCUT2D eigenvalue weighted by molar-refractivity contribution is 5.85. The second-order valence-corrected chi connectivity index (χ2v) is 3.76. The smallest absolute Gasteiger partial charge is 0.165 e. The van der Waals surface area contributed by atoms with Crippen molar-refractivity contribution in [1.82, 2.24) is 0 Å². The quantitative estimate of drug-likeness (QED) is 0.934. The summed E-state index contributed by atoms with van der Waals surface area (Å²) in [5.41, 5.74) is 6.11. The minimum Gasteiger partial charge on any atom is -0.489 e. The van der Waals surface area contributed by atoms with E-state index in [2.05, 4.69) is 0 Å². The van der Waals surface area contributed by atoms with Gasteiger partial charge in [0.25, 0.3) is 0 Å². The van der Waals surface area contributed by atoms with Crippen LogP contribution in [0.3, 0.4) is 0 Å². The first-order valence-corrected chi connectivity index (χ1v) is 5.59. The zero-order chi connectivity index (χ0) is 13.0. The molecule has 0 spiro atoms. The summed E-state index contributed by atoms with van der Waals surface area (Å²) in [6.07, 6.45) is 0. The van der Waals surface area contributed by atoms with Gasteiger partial charge in [-0.15, -0.1) is 12.4 Å². The topological polar surface area (TPSA) is 35.2 Å². The number of hydrogen-bond donors (Lipinski definition) is 1. The van der Waals surface area contributed by atoms with Crippen molar-refractivity contribution >= 4 is 12.4 Å². The first-order chi connectivity index (χ1) is 8.72. The summed E-state index contributed by atoms with van der Waals surface area (Å²) < 4.78 is 32.4. The summed E-state index contributed by atoms with van der Waals surface area (Å²) in [7, 11) is 0. The van der Waals surface area contributed by atoms with E-state index in [9.17, 15) is 8.78 Å². The normalized spacial score (nSPS) is 9.84. The molecule has 0 aliphatic carbocycles. The average molecular weight is 286 g/mol. The van der Waals surface area contributed by atoms with Crippen molar-refractivity contribution in [2.24, 2.45) is 5.73 Å². The molecule has 0 radical (unpaired) electrons. The predicted octanol–water partition coefficient (Wildman–Crippen LogP) is 3.39. The first kappa shape index (κ1) is 15.4. The maximum Gasteiger partial charge on any atom is 0.165 e. The number of ether oxygens (including phenoxy) is 1. The molecule has 102 valence electrons. The number of hydrogen-bond acceptors (Lipinski definition) is 2. The lowest BCUT2D eigenvalue weighted by Crippen LogP contribution is -2.11. The Morgan fingerprint density at radius 3 is 2.37 bits per heavy atom. The van der Waals surface area contributed by atoms with Crippen molar-refractivity contribution in [3.05, 3.63) is 54.1 Å². The Balaban J connectivity index is 0.00000180. The van der Waals surface area contributed by atoms with Gasteiger partial charge in [0.1, 0.15) is 12.4 Å². The van der Waals surface area contributed by atoms with Gasteiger partial charge in [-0.2, -0.15) is 0 Å². The van der Waals surface area contributed by atoms with E-state index in [4.69, 9.17) is 10.5 Å². The number of halogens is 3. The lowest BCUT2D eigenvalue weighted by Gasteiger charge is -2.08. The lowest BCUT2D eigenvalue weighted by atomic mass is 10.0. The van der Waals surface area contributed by atoms with Crippen molar-refractivity contribution in [3.63, 3.8) is 0 Å². The molecule has 0 amide bonds. The Labute approximate surface area is 116 Å². The van der Waals surface area contributed by atoms with E-state index < -0.39 is 5.82 Å². The molecule has 0 aromatic heterocycles. The molecule has 0 fully saturated rings. The van der Waals surface area contributed by atoms with Gasteiger partial charge in [-0.1, -0.05) is 24.3 Å². The Bertz CT molecular complexity index is 549. The van der Waals surface area contributed by atoms with E-state index in [0.717, 1.165) is 0 Å². The highest BCUT2D eigenvalue weighted by atomic mass is 35.5. The van der Waals surface area contributed by atoms with Crippen LogP contribution in [0.1, 0.15) is 0 Å². The van der Waals surface area contributed by atoms with Crippen LogP contribution in [0.25, 0.3) is 11.1 Å². The van der Waals surface area contributed by atoms with Gasteiger partial charge >= 0.3 is 0 Å². The standard InChI is InChI=1S/C14H13F2NO.ClH/c15-12-4-2-1-3-11(12)10-5-6-14(13(16)9-10)18-8-7-17;/h1-6,9H,7-8,17H2;1H.